The Labute approximate surface area is 222 Å². The molecule has 3 amide bonds. The highest BCUT2D eigenvalue weighted by Crippen LogP contribution is 2.65. The number of anilines is 1. The Hall–Kier alpha value is -3.43. The Morgan fingerprint density at radius 3 is 2.47 bits per heavy atom. The SMILES string of the molecule is COc1ccc(NC(=O)C2N([C@H](C)CO)C(=O)[C@@H]3[C@@H](C(=O)NCc4ccccc4)[C@]4(C)OC23CC4C)cc1. The zero-order valence-electron chi connectivity index (χ0n) is 22.1. The van der Waals surface area contributed by atoms with Gasteiger partial charge in [-0.2, -0.15) is 0 Å². The fraction of sp³-hybridized carbons (Fsp3) is 0.483. The molecule has 9 nitrogen and oxygen atoms in total. The number of fused-ring (bicyclic) bond motifs is 1. The Balaban J connectivity index is 1.48. The van der Waals surface area contributed by atoms with E-state index in [0.29, 0.717) is 24.4 Å². The topological polar surface area (TPSA) is 117 Å². The van der Waals surface area contributed by atoms with Crippen molar-refractivity contribution in [3.8, 4) is 5.75 Å². The number of nitrogens with one attached hydrogen (secondary N) is 2. The summed E-state index contributed by atoms with van der Waals surface area (Å²) >= 11 is 0. The molecule has 3 aliphatic heterocycles. The van der Waals surface area contributed by atoms with E-state index in [4.69, 9.17) is 9.47 Å². The van der Waals surface area contributed by atoms with Crippen molar-refractivity contribution in [1.29, 1.82) is 0 Å². The fourth-order valence-electron chi connectivity index (χ4n) is 6.72. The number of rotatable bonds is 8. The fourth-order valence-corrected chi connectivity index (χ4v) is 6.72. The van der Waals surface area contributed by atoms with Crippen molar-refractivity contribution in [3.05, 3.63) is 60.2 Å². The van der Waals surface area contributed by atoms with Gasteiger partial charge in [0.1, 0.15) is 17.4 Å². The molecular formula is C29H35N3O6. The Kier molecular flexibility index (Phi) is 6.69. The zero-order valence-corrected chi connectivity index (χ0v) is 22.1. The molecule has 1 spiro atoms. The van der Waals surface area contributed by atoms with E-state index < -0.39 is 41.0 Å². The molecule has 202 valence electrons. The molecule has 3 fully saturated rings. The van der Waals surface area contributed by atoms with E-state index in [1.165, 1.54) is 4.90 Å². The van der Waals surface area contributed by atoms with Crippen LogP contribution >= 0.6 is 0 Å². The Morgan fingerprint density at radius 2 is 1.84 bits per heavy atom. The van der Waals surface area contributed by atoms with Crippen LogP contribution in [0.3, 0.4) is 0 Å². The molecule has 38 heavy (non-hydrogen) atoms. The van der Waals surface area contributed by atoms with E-state index in [-0.39, 0.29) is 24.3 Å². The third-order valence-electron chi connectivity index (χ3n) is 8.69. The van der Waals surface area contributed by atoms with E-state index in [1.54, 1.807) is 38.3 Å². The highest BCUT2D eigenvalue weighted by Gasteiger charge is 2.80. The summed E-state index contributed by atoms with van der Waals surface area (Å²) in [6.45, 7) is 5.59. The van der Waals surface area contributed by atoms with Gasteiger partial charge in [-0.25, -0.2) is 0 Å². The molecule has 9 heteroatoms. The predicted octanol–water partition coefficient (Wildman–Crippen LogP) is 2.34. The van der Waals surface area contributed by atoms with Crippen LogP contribution in [0.15, 0.2) is 54.6 Å². The van der Waals surface area contributed by atoms with Gasteiger partial charge in [-0.05, 0) is 56.0 Å². The van der Waals surface area contributed by atoms with Crippen molar-refractivity contribution >= 4 is 23.4 Å². The minimum absolute atomic E-state index is 0.0697. The molecule has 3 heterocycles. The number of benzene rings is 2. The number of likely N-dealkylation sites (tertiary alicyclic amines) is 1. The molecule has 7 atom stereocenters. The quantitative estimate of drug-likeness (QED) is 0.491. The molecule has 3 saturated heterocycles. The highest BCUT2D eigenvalue weighted by atomic mass is 16.5. The van der Waals surface area contributed by atoms with Crippen LogP contribution in [0.5, 0.6) is 5.75 Å². The lowest BCUT2D eigenvalue weighted by Crippen LogP contribution is -2.56. The van der Waals surface area contributed by atoms with E-state index in [0.717, 1.165) is 5.56 Å². The number of hydrogen-bond donors (Lipinski definition) is 3. The molecular weight excluding hydrogens is 486 g/mol. The average Bonchev–Trinajstić information content (AvgIpc) is 3.44. The Bertz CT molecular complexity index is 1220. The standard InChI is InChI=1S/C29H35N3O6/c1-17-14-29-23(22(28(17,3)38-29)25(34)30-15-19-8-6-5-7-9-19)27(36)32(18(2)16-33)24(29)26(35)31-20-10-12-21(37-4)13-11-20/h5-13,17-18,22-24,33H,14-16H2,1-4H3,(H,30,34)(H,31,35)/t17?,18-,22+,23+,24?,28-,29?/m1/s1. The largest absolute Gasteiger partial charge is 0.497 e. The maximum absolute atomic E-state index is 14.0. The first kappa shape index (κ1) is 26.2. The molecule has 5 rings (SSSR count). The van der Waals surface area contributed by atoms with Gasteiger partial charge in [0, 0.05) is 12.2 Å². The summed E-state index contributed by atoms with van der Waals surface area (Å²) < 4.78 is 11.9. The number of nitrogens with zero attached hydrogens (tertiary/aromatic N) is 1. The average molecular weight is 522 g/mol. The number of aliphatic hydroxyl groups is 1. The molecule has 2 aromatic rings. The first-order chi connectivity index (χ1) is 18.2. The molecule has 0 aromatic heterocycles. The van der Waals surface area contributed by atoms with Crippen molar-refractivity contribution < 1.29 is 29.0 Å². The third kappa shape index (κ3) is 3.96. The van der Waals surface area contributed by atoms with Crippen molar-refractivity contribution in [2.45, 2.75) is 57.0 Å². The summed E-state index contributed by atoms with van der Waals surface area (Å²) in [5.41, 5.74) is -0.597. The number of carbonyl (C=O) groups is 3. The number of ether oxygens (including phenoxy) is 2. The number of aliphatic hydroxyl groups excluding tert-OH is 1. The van der Waals surface area contributed by atoms with Crippen LogP contribution in [0.1, 0.15) is 32.8 Å². The summed E-state index contributed by atoms with van der Waals surface area (Å²) in [4.78, 5) is 43.0. The number of methoxy groups -OCH3 is 1. The molecule has 0 aliphatic carbocycles. The molecule has 0 radical (unpaired) electrons. The smallest absolute Gasteiger partial charge is 0.250 e. The number of carbonyl (C=O) groups excluding carboxylic acids is 3. The normalized spacial score (nSPS) is 32.1. The molecule has 3 aliphatic rings. The first-order valence-electron chi connectivity index (χ1n) is 13.1. The maximum Gasteiger partial charge on any atom is 0.250 e. The maximum atomic E-state index is 14.0. The molecule has 2 bridgehead atoms. The van der Waals surface area contributed by atoms with Gasteiger partial charge in [0.2, 0.25) is 17.7 Å². The van der Waals surface area contributed by atoms with Crippen LogP contribution < -0.4 is 15.4 Å². The van der Waals surface area contributed by atoms with Crippen LogP contribution in [0.2, 0.25) is 0 Å². The van der Waals surface area contributed by atoms with Crippen molar-refractivity contribution in [1.82, 2.24) is 10.2 Å². The van der Waals surface area contributed by atoms with Gasteiger partial charge in [0.05, 0.1) is 37.2 Å². The van der Waals surface area contributed by atoms with Crippen LogP contribution in [-0.4, -0.2) is 64.7 Å². The van der Waals surface area contributed by atoms with Gasteiger partial charge in [-0.3, -0.25) is 14.4 Å². The second kappa shape index (κ2) is 9.71. The summed E-state index contributed by atoms with van der Waals surface area (Å²) in [5, 5.41) is 15.9. The van der Waals surface area contributed by atoms with Crippen LogP contribution in [0, 0.1) is 17.8 Å². The van der Waals surface area contributed by atoms with Crippen LogP contribution in [0.4, 0.5) is 5.69 Å². The van der Waals surface area contributed by atoms with Gasteiger partial charge in [-0.1, -0.05) is 37.3 Å². The van der Waals surface area contributed by atoms with E-state index in [1.807, 2.05) is 44.2 Å². The van der Waals surface area contributed by atoms with Gasteiger partial charge in [0.25, 0.3) is 0 Å². The molecule has 3 N–H and O–H groups in total. The van der Waals surface area contributed by atoms with Gasteiger partial charge in [-0.15, -0.1) is 0 Å². The summed E-state index contributed by atoms with van der Waals surface area (Å²) in [6, 6.07) is 14.8. The van der Waals surface area contributed by atoms with E-state index in [2.05, 4.69) is 10.6 Å². The van der Waals surface area contributed by atoms with E-state index in [9.17, 15) is 19.5 Å². The van der Waals surface area contributed by atoms with Crippen molar-refractivity contribution in [2.75, 3.05) is 19.0 Å². The number of amides is 3. The third-order valence-corrected chi connectivity index (χ3v) is 8.69. The second-order valence-corrected chi connectivity index (χ2v) is 10.9. The lowest BCUT2D eigenvalue weighted by atomic mass is 9.62. The summed E-state index contributed by atoms with van der Waals surface area (Å²) in [5.74, 6) is -2.03. The van der Waals surface area contributed by atoms with E-state index >= 15 is 0 Å². The zero-order chi connectivity index (χ0) is 27.2. The summed E-state index contributed by atoms with van der Waals surface area (Å²) in [7, 11) is 1.56. The second-order valence-electron chi connectivity index (χ2n) is 10.9. The molecule has 0 saturated carbocycles. The summed E-state index contributed by atoms with van der Waals surface area (Å²) in [6.07, 6.45) is 0.456. The monoisotopic (exact) mass is 521 g/mol. The van der Waals surface area contributed by atoms with Crippen molar-refractivity contribution in [2.24, 2.45) is 17.8 Å². The van der Waals surface area contributed by atoms with Crippen LogP contribution in [0.25, 0.3) is 0 Å². The minimum atomic E-state index is -1.18. The van der Waals surface area contributed by atoms with Gasteiger partial charge < -0.3 is 30.1 Å². The van der Waals surface area contributed by atoms with Gasteiger partial charge in [0.15, 0.2) is 0 Å². The lowest BCUT2D eigenvalue weighted by molar-refractivity contribution is -0.148. The lowest BCUT2D eigenvalue weighted by Gasteiger charge is -2.36. The number of hydrogen-bond acceptors (Lipinski definition) is 6. The predicted molar refractivity (Wildman–Crippen MR) is 140 cm³/mol. The van der Waals surface area contributed by atoms with Gasteiger partial charge >= 0.3 is 0 Å². The highest BCUT2D eigenvalue weighted by molar-refractivity contribution is 6.04. The van der Waals surface area contributed by atoms with Crippen molar-refractivity contribution in [3.63, 3.8) is 0 Å². The Morgan fingerprint density at radius 1 is 1.16 bits per heavy atom. The molecule has 3 unspecified atom stereocenters. The van der Waals surface area contributed by atoms with Crippen LogP contribution in [-0.2, 0) is 25.7 Å². The molecule has 2 aromatic carbocycles. The first-order valence-corrected chi connectivity index (χ1v) is 13.1. The minimum Gasteiger partial charge on any atom is -0.497 e.